The third-order valence-corrected chi connectivity index (χ3v) is 2.84. The number of anilines is 1. The fraction of sp³-hybridized carbons (Fsp3) is 0.357. The Bertz CT molecular complexity index is 538. The number of hydrogen-bond donors (Lipinski definition) is 2. The lowest BCUT2D eigenvalue weighted by molar-refractivity contribution is -0.116. The Morgan fingerprint density at radius 1 is 1.35 bits per heavy atom. The van der Waals surface area contributed by atoms with Gasteiger partial charge in [0.1, 0.15) is 0 Å². The number of nitrogens with zero attached hydrogens (tertiary/aromatic N) is 3. The summed E-state index contributed by atoms with van der Waals surface area (Å²) in [4.78, 5) is 15.6. The molecule has 0 bridgehead atoms. The number of carbonyl (C=O) groups is 1. The van der Waals surface area contributed by atoms with E-state index in [1.54, 1.807) is 23.3 Å². The van der Waals surface area contributed by atoms with Crippen LogP contribution >= 0.6 is 0 Å². The largest absolute Gasteiger partial charge is 0.323 e. The van der Waals surface area contributed by atoms with Crippen LogP contribution in [0.25, 0.3) is 0 Å². The maximum atomic E-state index is 11.7. The molecule has 106 valence electrons. The van der Waals surface area contributed by atoms with Gasteiger partial charge in [-0.3, -0.25) is 14.5 Å². The molecule has 0 spiro atoms. The van der Waals surface area contributed by atoms with Crippen LogP contribution in [0.3, 0.4) is 0 Å². The third-order valence-electron chi connectivity index (χ3n) is 2.84. The van der Waals surface area contributed by atoms with E-state index in [2.05, 4.69) is 20.7 Å². The van der Waals surface area contributed by atoms with Crippen LogP contribution < -0.4 is 10.6 Å². The Labute approximate surface area is 118 Å². The van der Waals surface area contributed by atoms with Gasteiger partial charge in [-0.15, -0.1) is 0 Å². The molecule has 0 aliphatic carbocycles. The predicted octanol–water partition coefficient (Wildman–Crippen LogP) is 1.26. The lowest BCUT2D eigenvalue weighted by Gasteiger charge is -2.02. The van der Waals surface area contributed by atoms with Crippen LogP contribution in [0, 0.1) is 0 Å². The van der Waals surface area contributed by atoms with Crippen molar-refractivity contribution in [1.82, 2.24) is 20.1 Å². The van der Waals surface area contributed by atoms with E-state index in [-0.39, 0.29) is 5.91 Å². The second kappa shape index (κ2) is 7.40. The molecule has 0 aliphatic heterocycles. The van der Waals surface area contributed by atoms with Crippen LogP contribution in [0.5, 0.6) is 0 Å². The summed E-state index contributed by atoms with van der Waals surface area (Å²) in [7, 11) is 1.88. The van der Waals surface area contributed by atoms with Gasteiger partial charge in [0.05, 0.1) is 18.4 Å². The molecule has 0 radical (unpaired) electrons. The molecule has 2 aromatic heterocycles. The summed E-state index contributed by atoms with van der Waals surface area (Å²) in [5.41, 5.74) is 1.85. The van der Waals surface area contributed by atoms with E-state index >= 15 is 0 Å². The van der Waals surface area contributed by atoms with Crippen LogP contribution in [0.4, 0.5) is 5.69 Å². The molecule has 2 rings (SSSR count). The molecule has 0 saturated carbocycles. The lowest BCUT2D eigenvalue weighted by atomic mass is 10.3. The average Bonchev–Trinajstić information content (AvgIpc) is 2.87. The second-order valence-corrected chi connectivity index (χ2v) is 4.54. The zero-order chi connectivity index (χ0) is 14.2. The summed E-state index contributed by atoms with van der Waals surface area (Å²) < 4.78 is 1.79. The molecule has 1 amide bonds. The fourth-order valence-corrected chi connectivity index (χ4v) is 1.84. The number of aromatic nitrogens is 3. The zero-order valence-electron chi connectivity index (χ0n) is 11.5. The van der Waals surface area contributed by atoms with Crippen molar-refractivity contribution in [1.29, 1.82) is 0 Å². The summed E-state index contributed by atoms with van der Waals surface area (Å²) in [6.45, 7) is 1.51. The van der Waals surface area contributed by atoms with Crippen LogP contribution in [0.2, 0.25) is 0 Å². The third kappa shape index (κ3) is 4.47. The topological polar surface area (TPSA) is 71.8 Å². The van der Waals surface area contributed by atoms with E-state index in [0.717, 1.165) is 24.2 Å². The SMILES string of the molecule is CNCCCC(=O)Nc1cnn(Cc2ccncc2)c1. The van der Waals surface area contributed by atoms with Crippen molar-refractivity contribution in [2.75, 3.05) is 18.9 Å². The minimum Gasteiger partial charge on any atom is -0.323 e. The zero-order valence-corrected chi connectivity index (χ0v) is 11.5. The number of amides is 1. The van der Waals surface area contributed by atoms with E-state index < -0.39 is 0 Å². The van der Waals surface area contributed by atoms with Crippen LogP contribution in [-0.4, -0.2) is 34.3 Å². The highest BCUT2D eigenvalue weighted by Crippen LogP contribution is 2.08. The van der Waals surface area contributed by atoms with Gasteiger partial charge in [-0.05, 0) is 37.7 Å². The number of pyridine rings is 1. The molecule has 0 fully saturated rings. The smallest absolute Gasteiger partial charge is 0.224 e. The van der Waals surface area contributed by atoms with Crippen molar-refractivity contribution in [2.24, 2.45) is 0 Å². The van der Waals surface area contributed by atoms with Crippen LogP contribution in [-0.2, 0) is 11.3 Å². The second-order valence-electron chi connectivity index (χ2n) is 4.54. The van der Waals surface area contributed by atoms with Crippen LogP contribution in [0.15, 0.2) is 36.9 Å². The first-order valence-corrected chi connectivity index (χ1v) is 6.64. The van der Waals surface area contributed by atoms with Crippen LogP contribution in [0.1, 0.15) is 18.4 Å². The van der Waals surface area contributed by atoms with E-state index in [9.17, 15) is 4.79 Å². The molecule has 20 heavy (non-hydrogen) atoms. The molecule has 2 heterocycles. The van der Waals surface area contributed by atoms with Gasteiger partial charge < -0.3 is 10.6 Å². The monoisotopic (exact) mass is 273 g/mol. The highest BCUT2D eigenvalue weighted by molar-refractivity contribution is 5.90. The minimum absolute atomic E-state index is 0.0173. The van der Waals surface area contributed by atoms with Crippen molar-refractivity contribution in [3.63, 3.8) is 0 Å². The molecule has 0 aromatic carbocycles. The van der Waals surface area contributed by atoms with Gasteiger partial charge in [-0.25, -0.2) is 0 Å². The molecule has 0 aliphatic rings. The molecule has 2 N–H and O–H groups in total. The van der Waals surface area contributed by atoms with Crippen molar-refractivity contribution >= 4 is 11.6 Å². The van der Waals surface area contributed by atoms with E-state index in [0.29, 0.717) is 13.0 Å². The molecule has 6 nitrogen and oxygen atoms in total. The quantitative estimate of drug-likeness (QED) is 0.745. The highest BCUT2D eigenvalue weighted by Gasteiger charge is 2.04. The molecule has 6 heteroatoms. The Balaban J connectivity index is 1.84. The van der Waals surface area contributed by atoms with Gasteiger partial charge in [0.25, 0.3) is 0 Å². The fourth-order valence-electron chi connectivity index (χ4n) is 1.84. The standard InChI is InChI=1S/C14H19N5O/c1-15-6-2-3-14(20)18-13-9-17-19(11-13)10-12-4-7-16-8-5-12/h4-5,7-9,11,15H,2-3,6,10H2,1H3,(H,18,20). The molecule has 2 aromatic rings. The summed E-state index contributed by atoms with van der Waals surface area (Å²) in [6.07, 6.45) is 8.34. The number of carbonyl (C=O) groups excluding carboxylic acids is 1. The maximum Gasteiger partial charge on any atom is 0.224 e. The summed E-state index contributed by atoms with van der Waals surface area (Å²) >= 11 is 0. The first-order chi connectivity index (χ1) is 9.78. The maximum absolute atomic E-state index is 11.7. The Kier molecular flexibility index (Phi) is 5.25. The van der Waals surface area contributed by atoms with E-state index in [4.69, 9.17) is 0 Å². The van der Waals surface area contributed by atoms with Gasteiger partial charge in [-0.1, -0.05) is 0 Å². The lowest BCUT2D eigenvalue weighted by Crippen LogP contribution is -2.14. The first-order valence-electron chi connectivity index (χ1n) is 6.64. The van der Waals surface area contributed by atoms with Gasteiger partial charge >= 0.3 is 0 Å². The Hall–Kier alpha value is -2.21. The average molecular weight is 273 g/mol. The Morgan fingerprint density at radius 3 is 2.90 bits per heavy atom. The van der Waals surface area contributed by atoms with E-state index in [1.807, 2.05) is 25.4 Å². The minimum atomic E-state index is 0.0173. The number of rotatable bonds is 7. The van der Waals surface area contributed by atoms with E-state index in [1.165, 1.54) is 0 Å². The Morgan fingerprint density at radius 2 is 2.15 bits per heavy atom. The summed E-state index contributed by atoms with van der Waals surface area (Å²) in [5, 5.41) is 10.1. The predicted molar refractivity (Wildman–Crippen MR) is 77.4 cm³/mol. The van der Waals surface area contributed by atoms with Gasteiger partial charge in [-0.2, -0.15) is 5.10 Å². The molecular weight excluding hydrogens is 254 g/mol. The molecule has 0 unspecified atom stereocenters. The first kappa shape index (κ1) is 14.2. The highest BCUT2D eigenvalue weighted by atomic mass is 16.1. The van der Waals surface area contributed by atoms with Crippen molar-refractivity contribution < 1.29 is 4.79 Å². The molecule has 0 atom stereocenters. The van der Waals surface area contributed by atoms with Crippen molar-refractivity contribution in [3.8, 4) is 0 Å². The normalized spacial score (nSPS) is 10.4. The van der Waals surface area contributed by atoms with Gasteiger partial charge in [0.15, 0.2) is 0 Å². The number of nitrogens with one attached hydrogen (secondary N) is 2. The van der Waals surface area contributed by atoms with Gasteiger partial charge in [0.2, 0.25) is 5.91 Å². The van der Waals surface area contributed by atoms with Gasteiger partial charge in [0, 0.05) is 25.0 Å². The molecule has 0 saturated heterocycles. The van der Waals surface area contributed by atoms with Crippen molar-refractivity contribution in [3.05, 3.63) is 42.5 Å². The van der Waals surface area contributed by atoms with Crippen molar-refractivity contribution in [2.45, 2.75) is 19.4 Å². The summed E-state index contributed by atoms with van der Waals surface area (Å²) in [6, 6.07) is 3.88. The number of hydrogen-bond acceptors (Lipinski definition) is 4. The molecular formula is C14H19N5O. The summed E-state index contributed by atoms with van der Waals surface area (Å²) in [5.74, 6) is 0.0173.